The molecule has 9 fully saturated rings. The molecule has 11 heteroatoms. The fourth-order valence-corrected chi connectivity index (χ4v) is 12.0. The third kappa shape index (κ3) is 6.13. The van der Waals surface area contributed by atoms with E-state index in [2.05, 4.69) is 42.5 Å². The number of hydrogen-bond acceptors (Lipinski definition) is 8. The van der Waals surface area contributed by atoms with Gasteiger partial charge in [-0.15, -0.1) is 0 Å². The molecule has 4 saturated carbocycles. The molecule has 0 spiro atoms. The second-order valence-corrected chi connectivity index (χ2v) is 15.6. The molecule has 0 aromatic rings. The zero-order chi connectivity index (χ0) is 26.2. The van der Waals surface area contributed by atoms with Crippen molar-refractivity contribution in [2.24, 2.45) is 47.3 Å². The summed E-state index contributed by atoms with van der Waals surface area (Å²) in [4.78, 5) is 0. The Morgan fingerprint density at radius 3 is 0.512 bits per heavy atom. The van der Waals surface area contributed by atoms with Gasteiger partial charge in [0.2, 0.25) is 0 Å². The number of nitrogens with one attached hydrogen (secondary N) is 8. The molecule has 243 valence electrons. The van der Waals surface area contributed by atoms with E-state index in [1.54, 1.807) is 0 Å². The molecular formula is C32H59CoN8NaO. The summed E-state index contributed by atoms with van der Waals surface area (Å²) < 4.78 is 0. The summed E-state index contributed by atoms with van der Waals surface area (Å²) in [6.45, 7) is 0. The zero-order valence-corrected chi connectivity index (χ0v) is 29.4. The van der Waals surface area contributed by atoms with Crippen molar-refractivity contribution in [1.29, 1.82) is 0 Å². The Labute approximate surface area is 293 Å². The Kier molecular flexibility index (Phi) is 11.3. The molecule has 8 atom stereocenters. The smallest absolute Gasteiger partial charge is 1.00 e. The molecule has 0 aromatic heterocycles. The Hall–Kier alpha value is 1.15. The van der Waals surface area contributed by atoms with Gasteiger partial charge in [-0.05, 0) is 98.7 Å². The molecule has 0 amide bonds. The summed E-state index contributed by atoms with van der Waals surface area (Å²) in [7, 11) is 0. The van der Waals surface area contributed by atoms with Crippen molar-refractivity contribution < 1.29 is 53.2 Å². The van der Waals surface area contributed by atoms with Crippen LogP contribution in [-0.4, -0.2) is 54.8 Å². The van der Waals surface area contributed by atoms with E-state index in [4.69, 9.17) is 0 Å². The second-order valence-electron chi connectivity index (χ2n) is 15.6. The van der Waals surface area contributed by atoms with Gasteiger partial charge in [-0.25, -0.2) is 0 Å². The van der Waals surface area contributed by atoms with Gasteiger partial charge < -0.3 is 6.90 Å². The van der Waals surface area contributed by atoms with Crippen LogP contribution in [0.3, 0.4) is 0 Å². The van der Waals surface area contributed by atoms with E-state index < -0.39 is 0 Å². The maximum absolute atomic E-state index is 4.26. The zero-order valence-electron chi connectivity index (χ0n) is 27.4. The first-order valence-electron chi connectivity index (χ1n) is 17.9. The molecule has 1 radical (unpaired) electrons. The van der Waals surface area contributed by atoms with Crippen LogP contribution in [0, 0.1) is 47.3 Å². The van der Waals surface area contributed by atoms with Crippen molar-refractivity contribution in [3.05, 3.63) is 0 Å². The average Bonchev–Trinajstić information content (AvgIpc) is 3.73. The van der Waals surface area contributed by atoms with Crippen molar-refractivity contribution in [3.63, 3.8) is 0 Å². The van der Waals surface area contributed by atoms with E-state index in [0.717, 1.165) is 47.3 Å². The minimum atomic E-state index is 0. The first-order valence-corrected chi connectivity index (χ1v) is 17.9. The van der Waals surface area contributed by atoms with Crippen molar-refractivity contribution >= 4 is 0 Å². The SMILES string of the molecule is C1CCC2C3NC(NC4NC(NC5NC(NC6NC(N3)C3CCCCC63)C3CCCCC53)C3CCCCC43)C2C1.O.[Co].[H-].[Na+]. The summed E-state index contributed by atoms with van der Waals surface area (Å²) in [5.41, 5.74) is 0. The van der Waals surface area contributed by atoms with Crippen LogP contribution in [0.4, 0.5) is 0 Å². The summed E-state index contributed by atoms with van der Waals surface area (Å²) in [5, 5.41) is 33.8. The Morgan fingerprint density at radius 1 is 0.279 bits per heavy atom. The molecule has 5 saturated heterocycles. The summed E-state index contributed by atoms with van der Waals surface area (Å²) in [5.74, 6) is 5.97. The summed E-state index contributed by atoms with van der Waals surface area (Å²) >= 11 is 0. The van der Waals surface area contributed by atoms with E-state index in [9.17, 15) is 0 Å². The van der Waals surface area contributed by atoms with Gasteiger partial charge in [0, 0.05) is 16.8 Å². The molecular weight excluding hydrogens is 594 g/mol. The summed E-state index contributed by atoms with van der Waals surface area (Å²) in [6, 6.07) is 0. The van der Waals surface area contributed by atoms with Gasteiger partial charge in [-0.2, -0.15) is 0 Å². The largest absolute Gasteiger partial charge is 1.00 e. The van der Waals surface area contributed by atoms with Crippen molar-refractivity contribution in [3.8, 4) is 0 Å². The Balaban J connectivity index is 0.000000960. The standard InChI is InChI=1S/C32H56N8.Co.Na.H2O.H/c1-2-10-18-17(9-1)25-33-26(18)38-28-21-13-5-6-14-22(21)30(35-28)40-32-24-16-8-7-15-23(24)31(36-32)39-29-20-12-4-3-11-19(20)27(34-29)37-25;;;;/h17-40H,1-16H2;;;1H2;/q;;+1;;-1. The van der Waals surface area contributed by atoms with Crippen molar-refractivity contribution in [2.45, 2.75) is 152 Å². The normalized spacial score (nSPS) is 53.6. The third-order valence-electron chi connectivity index (χ3n) is 13.8. The minimum Gasteiger partial charge on any atom is -1.00 e. The average molecular weight is 654 g/mol. The van der Waals surface area contributed by atoms with Crippen LogP contribution in [0.1, 0.15) is 104 Å². The minimum absolute atomic E-state index is 0. The van der Waals surface area contributed by atoms with E-state index in [0.29, 0.717) is 49.3 Å². The van der Waals surface area contributed by atoms with E-state index in [1.807, 2.05) is 0 Å². The fourth-order valence-electron chi connectivity index (χ4n) is 12.0. The van der Waals surface area contributed by atoms with Gasteiger partial charge in [-0.1, -0.05) is 51.4 Å². The van der Waals surface area contributed by atoms with E-state index in [-0.39, 0.29) is 53.2 Å². The van der Waals surface area contributed by atoms with Crippen LogP contribution in [-0.2, 0) is 16.8 Å². The molecule has 0 aromatic carbocycles. The van der Waals surface area contributed by atoms with Gasteiger partial charge >= 0.3 is 29.6 Å². The maximum atomic E-state index is 4.26. The first-order chi connectivity index (χ1) is 19.8. The van der Waals surface area contributed by atoms with Crippen molar-refractivity contribution in [2.75, 3.05) is 0 Å². The van der Waals surface area contributed by atoms with Crippen molar-refractivity contribution in [1.82, 2.24) is 42.5 Å². The van der Waals surface area contributed by atoms with Crippen LogP contribution in [0.25, 0.3) is 0 Å². The number of fused-ring (bicyclic) bond motifs is 20. The van der Waals surface area contributed by atoms with Gasteiger partial charge in [0.05, 0.1) is 49.3 Å². The molecule has 10 N–H and O–H groups in total. The summed E-state index contributed by atoms with van der Waals surface area (Å²) in [6.07, 6.45) is 25.6. The van der Waals surface area contributed by atoms with Crippen LogP contribution in [0.15, 0.2) is 0 Å². The topological polar surface area (TPSA) is 128 Å². The predicted molar refractivity (Wildman–Crippen MR) is 162 cm³/mol. The molecule has 5 aliphatic heterocycles. The molecule has 9 rings (SSSR count). The van der Waals surface area contributed by atoms with Gasteiger partial charge in [0.15, 0.2) is 0 Å². The molecule has 9 aliphatic rings. The number of rotatable bonds is 0. The van der Waals surface area contributed by atoms with Gasteiger partial charge in [-0.3, -0.25) is 42.5 Å². The molecule has 5 heterocycles. The molecule has 9 nitrogen and oxygen atoms in total. The van der Waals surface area contributed by atoms with Gasteiger partial charge in [0.1, 0.15) is 0 Å². The molecule has 8 unspecified atom stereocenters. The molecule has 4 aliphatic carbocycles. The Morgan fingerprint density at radius 2 is 0.395 bits per heavy atom. The Bertz CT molecular complexity index is 737. The maximum Gasteiger partial charge on any atom is 1.00 e. The quantitative estimate of drug-likeness (QED) is 0.155. The molecule has 43 heavy (non-hydrogen) atoms. The van der Waals surface area contributed by atoms with Crippen LogP contribution >= 0.6 is 0 Å². The van der Waals surface area contributed by atoms with E-state index >= 15 is 0 Å². The first kappa shape index (κ1) is 34.0. The number of hydrogen-bond donors (Lipinski definition) is 8. The second kappa shape index (κ2) is 14.3. The monoisotopic (exact) mass is 653 g/mol. The van der Waals surface area contributed by atoms with Gasteiger partial charge in [0.25, 0.3) is 0 Å². The third-order valence-corrected chi connectivity index (χ3v) is 13.8. The van der Waals surface area contributed by atoms with E-state index in [1.165, 1.54) is 103 Å². The fraction of sp³-hybridized carbons (Fsp3) is 1.00. The van der Waals surface area contributed by atoms with Crippen LogP contribution < -0.4 is 72.1 Å². The predicted octanol–water partition coefficient (Wildman–Crippen LogP) is -1.11. The van der Waals surface area contributed by atoms with Crippen LogP contribution in [0.2, 0.25) is 0 Å². The van der Waals surface area contributed by atoms with Crippen LogP contribution in [0.5, 0.6) is 0 Å². The molecule has 8 bridgehead atoms.